The molecule has 0 radical (unpaired) electrons. The summed E-state index contributed by atoms with van der Waals surface area (Å²) in [6.07, 6.45) is 16.7. The third-order valence-electron chi connectivity index (χ3n) is 5.42. The fourth-order valence-corrected chi connectivity index (χ4v) is 4.14. The monoisotopic (exact) mass is 282 g/mol. The molecule has 2 aliphatic rings. The van der Waals surface area contributed by atoms with E-state index in [1.54, 1.807) is 0 Å². The minimum Gasteiger partial charge on any atom is -0.388 e. The number of aliphatic hydroxyl groups excluding tert-OH is 1. The molecule has 2 unspecified atom stereocenters. The van der Waals surface area contributed by atoms with Crippen LogP contribution in [0.5, 0.6) is 0 Å². The smallest absolute Gasteiger partial charge is 0.0817 e. The molecule has 1 aromatic carbocycles. The second-order valence-corrected chi connectivity index (χ2v) is 6.62. The fourth-order valence-electron chi connectivity index (χ4n) is 4.14. The van der Waals surface area contributed by atoms with Crippen LogP contribution in [-0.4, -0.2) is 11.2 Å². The molecule has 1 heteroatoms. The van der Waals surface area contributed by atoms with Crippen LogP contribution in [0.3, 0.4) is 0 Å². The van der Waals surface area contributed by atoms with Crippen LogP contribution >= 0.6 is 0 Å². The van der Waals surface area contributed by atoms with Crippen molar-refractivity contribution in [2.24, 2.45) is 11.3 Å². The van der Waals surface area contributed by atoms with Gasteiger partial charge in [-0.05, 0) is 37.2 Å². The summed E-state index contributed by atoms with van der Waals surface area (Å²) in [6.45, 7) is 0. The van der Waals surface area contributed by atoms with E-state index in [4.69, 9.17) is 0 Å². The molecule has 0 aromatic heterocycles. The quantitative estimate of drug-likeness (QED) is 0.850. The summed E-state index contributed by atoms with van der Waals surface area (Å²) >= 11 is 0. The Morgan fingerprint density at radius 1 is 1.00 bits per heavy atom. The Labute approximate surface area is 128 Å². The third kappa shape index (κ3) is 3.13. The van der Waals surface area contributed by atoms with Gasteiger partial charge < -0.3 is 5.11 Å². The van der Waals surface area contributed by atoms with E-state index in [1.165, 1.54) is 37.7 Å². The Morgan fingerprint density at radius 3 is 2.48 bits per heavy atom. The van der Waals surface area contributed by atoms with Gasteiger partial charge in [0.25, 0.3) is 0 Å². The zero-order valence-electron chi connectivity index (χ0n) is 12.7. The number of allylic oxidation sites excluding steroid dienone is 2. The highest BCUT2D eigenvalue weighted by atomic mass is 16.3. The molecule has 0 heterocycles. The molecular formula is C20H26O. The molecule has 21 heavy (non-hydrogen) atoms. The molecule has 2 atom stereocenters. The average molecular weight is 282 g/mol. The van der Waals surface area contributed by atoms with E-state index >= 15 is 0 Å². The minimum absolute atomic E-state index is 0.0506. The SMILES string of the molecule is OC1C=CC=CC1(CCc1ccccc1)C1CCCCC1. The van der Waals surface area contributed by atoms with Crippen LogP contribution < -0.4 is 0 Å². The van der Waals surface area contributed by atoms with Crippen molar-refractivity contribution in [3.8, 4) is 0 Å². The lowest BCUT2D eigenvalue weighted by molar-refractivity contribution is 0.0245. The van der Waals surface area contributed by atoms with Gasteiger partial charge in [-0.25, -0.2) is 0 Å². The highest BCUT2D eigenvalue weighted by Gasteiger charge is 2.42. The van der Waals surface area contributed by atoms with E-state index in [-0.39, 0.29) is 11.5 Å². The maximum absolute atomic E-state index is 10.7. The van der Waals surface area contributed by atoms with Gasteiger partial charge >= 0.3 is 0 Å². The zero-order valence-corrected chi connectivity index (χ0v) is 12.7. The lowest BCUT2D eigenvalue weighted by Gasteiger charge is -2.44. The summed E-state index contributed by atoms with van der Waals surface area (Å²) in [7, 11) is 0. The van der Waals surface area contributed by atoms with Crippen molar-refractivity contribution in [2.75, 3.05) is 0 Å². The van der Waals surface area contributed by atoms with Crippen molar-refractivity contribution >= 4 is 0 Å². The van der Waals surface area contributed by atoms with Crippen molar-refractivity contribution in [3.05, 3.63) is 60.2 Å². The molecule has 0 bridgehead atoms. The number of hydrogen-bond acceptors (Lipinski definition) is 1. The summed E-state index contributed by atoms with van der Waals surface area (Å²) in [5.74, 6) is 0.631. The van der Waals surface area contributed by atoms with E-state index in [0.29, 0.717) is 5.92 Å². The third-order valence-corrected chi connectivity index (χ3v) is 5.42. The van der Waals surface area contributed by atoms with Gasteiger partial charge in [-0.3, -0.25) is 0 Å². The Hall–Kier alpha value is -1.34. The topological polar surface area (TPSA) is 20.2 Å². The Kier molecular flexibility index (Phi) is 4.60. The lowest BCUT2D eigenvalue weighted by atomic mass is 9.62. The molecule has 2 aliphatic carbocycles. The first-order chi connectivity index (χ1) is 10.3. The number of rotatable bonds is 4. The second kappa shape index (κ2) is 6.62. The highest BCUT2D eigenvalue weighted by molar-refractivity contribution is 5.24. The standard InChI is InChI=1S/C20H26O/c21-19-13-7-8-15-20(19,18-11-5-2-6-12-18)16-14-17-9-3-1-4-10-17/h1,3-4,7-10,13,15,18-19,21H,2,5-6,11-12,14,16H2. The van der Waals surface area contributed by atoms with Crippen molar-refractivity contribution in [2.45, 2.75) is 51.0 Å². The molecule has 0 spiro atoms. The summed E-state index contributed by atoms with van der Waals surface area (Å²) in [4.78, 5) is 0. The first-order valence-corrected chi connectivity index (χ1v) is 8.39. The summed E-state index contributed by atoms with van der Waals surface area (Å²) in [5.41, 5.74) is 1.33. The van der Waals surface area contributed by atoms with E-state index in [9.17, 15) is 5.11 Å². The number of hydrogen-bond donors (Lipinski definition) is 1. The van der Waals surface area contributed by atoms with Gasteiger partial charge in [0.1, 0.15) is 0 Å². The van der Waals surface area contributed by atoms with E-state index in [0.717, 1.165) is 12.8 Å². The predicted octanol–water partition coefficient (Wildman–Crippen LogP) is 4.67. The molecule has 3 rings (SSSR count). The molecule has 1 saturated carbocycles. The van der Waals surface area contributed by atoms with Crippen molar-refractivity contribution in [1.82, 2.24) is 0 Å². The van der Waals surface area contributed by atoms with Gasteiger partial charge in [-0.15, -0.1) is 0 Å². The van der Waals surface area contributed by atoms with Crippen molar-refractivity contribution in [3.63, 3.8) is 0 Å². The van der Waals surface area contributed by atoms with Gasteiger partial charge in [0.2, 0.25) is 0 Å². The van der Waals surface area contributed by atoms with Gasteiger partial charge in [0.05, 0.1) is 6.10 Å². The molecule has 112 valence electrons. The summed E-state index contributed by atoms with van der Waals surface area (Å²) in [5, 5.41) is 10.7. The molecule has 0 aliphatic heterocycles. The van der Waals surface area contributed by atoms with E-state index in [2.05, 4.69) is 42.5 Å². The highest BCUT2D eigenvalue weighted by Crippen LogP contribution is 2.47. The number of aryl methyl sites for hydroxylation is 1. The minimum atomic E-state index is -0.325. The molecular weight excluding hydrogens is 256 g/mol. The van der Waals surface area contributed by atoms with Gasteiger partial charge in [0.15, 0.2) is 0 Å². The largest absolute Gasteiger partial charge is 0.388 e. The van der Waals surface area contributed by atoms with E-state index < -0.39 is 0 Å². The van der Waals surface area contributed by atoms with Crippen LogP contribution in [0.4, 0.5) is 0 Å². The maximum atomic E-state index is 10.7. The molecule has 1 aromatic rings. The van der Waals surface area contributed by atoms with Crippen LogP contribution in [0.15, 0.2) is 54.6 Å². The normalized spacial score (nSPS) is 29.7. The van der Waals surface area contributed by atoms with Gasteiger partial charge in [0, 0.05) is 5.41 Å². The Bertz CT molecular complexity index is 496. The Morgan fingerprint density at radius 2 is 1.76 bits per heavy atom. The van der Waals surface area contributed by atoms with Crippen LogP contribution in [0.2, 0.25) is 0 Å². The fraction of sp³-hybridized carbons (Fsp3) is 0.500. The molecule has 1 fully saturated rings. The van der Waals surface area contributed by atoms with Gasteiger partial charge in [-0.2, -0.15) is 0 Å². The zero-order chi connectivity index (χ0) is 14.5. The van der Waals surface area contributed by atoms with Crippen LogP contribution in [0.25, 0.3) is 0 Å². The first-order valence-electron chi connectivity index (χ1n) is 8.39. The molecule has 0 amide bonds. The average Bonchev–Trinajstić information content (AvgIpc) is 2.56. The second-order valence-electron chi connectivity index (χ2n) is 6.62. The summed E-state index contributed by atoms with van der Waals surface area (Å²) < 4.78 is 0. The van der Waals surface area contributed by atoms with Crippen LogP contribution in [0.1, 0.15) is 44.1 Å². The first kappa shape index (κ1) is 14.6. The van der Waals surface area contributed by atoms with E-state index in [1.807, 2.05) is 12.2 Å². The molecule has 1 nitrogen and oxygen atoms in total. The number of aliphatic hydroxyl groups is 1. The molecule has 0 saturated heterocycles. The van der Waals surface area contributed by atoms with Crippen LogP contribution in [-0.2, 0) is 6.42 Å². The maximum Gasteiger partial charge on any atom is 0.0817 e. The van der Waals surface area contributed by atoms with Crippen LogP contribution in [0, 0.1) is 11.3 Å². The van der Waals surface area contributed by atoms with Crippen molar-refractivity contribution < 1.29 is 5.11 Å². The van der Waals surface area contributed by atoms with Gasteiger partial charge in [-0.1, -0.05) is 73.9 Å². The Balaban J connectivity index is 1.79. The molecule has 1 N–H and O–H groups in total. The predicted molar refractivity (Wildman–Crippen MR) is 88.1 cm³/mol. The lowest BCUT2D eigenvalue weighted by Crippen LogP contribution is -2.41. The summed E-state index contributed by atoms with van der Waals surface area (Å²) in [6, 6.07) is 10.7. The number of benzene rings is 1. The van der Waals surface area contributed by atoms with Crippen molar-refractivity contribution in [1.29, 1.82) is 0 Å².